The molecule has 0 saturated heterocycles. The minimum Gasteiger partial charge on any atom is -0.0883 e. The van der Waals surface area contributed by atoms with Crippen molar-refractivity contribution < 1.29 is 0 Å². The van der Waals surface area contributed by atoms with E-state index in [1.165, 1.54) is 44.1 Å². The van der Waals surface area contributed by atoms with Gasteiger partial charge in [-0.15, -0.1) is 0 Å². The van der Waals surface area contributed by atoms with Crippen LogP contribution in [0.25, 0.3) is 0 Å². The third-order valence-corrected chi connectivity index (χ3v) is 3.06. The number of halogens is 1. The molecule has 0 bridgehead atoms. The number of unbranched alkanes of at least 4 members (excludes halogenated alkanes) is 4. The van der Waals surface area contributed by atoms with E-state index in [0.717, 1.165) is 5.33 Å². The van der Waals surface area contributed by atoms with Gasteiger partial charge >= 0.3 is 0 Å². The summed E-state index contributed by atoms with van der Waals surface area (Å²) >= 11 is 3.38. The Morgan fingerprint density at radius 1 is 0.875 bits per heavy atom. The Morgan fingerprint density at radius 2 is 1.62 bits per heavy atom. The molecule has 0 saturated carbocycles. The molecule has 0 fully saturated rings. The molecule has 1 heteroatoms. The van der Waals surface area contributed by atoms with Crippen LogP contribution >= 0.6 is 15.9 Å². The summed E-state index contributed by atoms with van der Waals surface area (Å²) in [7, 11) is 0. The minimum atomic E-state index is 0.987. The number of alkyl halides is 1. The summed E-state index contributed by atoms with van der Waals surface area (Å²) in [5.41, 5.74) is 1.47. The van der Waals surface area contributed by atoms with E-state index in [-0.39, 0.29) is 0 Å². The summed E-state index contributed by atoms with van der Waals surface area (Å²) in [6.07, 6.45) is 12.3. The Balaban J connectivity index is 1.94. The molecule has 0 heterocycles. The molecule has 0 nitrogen and oxygen atoms in total. The monoisotopic (exact) mass is 280 g/mol. The summed E-state index contributed by atoms with van der Waals surface area (Å²) in [4.78, 5) is 0. The second-order valence-corrected chi connectivity index (χ2v) is 4.71. The van der Waals surface area contributed by atoms with Crippen molar-refractivity contribution in [2.45, 2.75) is 38.5 Å². The van der Waals surface area contributed by atoms with E-state index in [1.807, 2.05) is 0 Å². The topological polar surface area (TPSA) is 0 Å². The molecule has 0 radical (unpaired) electrons. The molecule has 0 spiro atoms. The SMILES string of the molecule is BrC/C=C/CCCCCCc1ccccc1. The zero-order valence-corrected chi connectivity index (χ0v) is 11.5. The summed E-state index contributed by atoms with van der Waals surface area (Å²) in [6, 6.07) is 10.8. The molecule has 0 amide bonds. The van der Waals surface area contributed by atoms with Crippen LogP contribution in [-0.4, -0.2) is 5.33 Å². The normalized spacial score (nSPS) is 11.1. The number of allylic oxidation sites excluding steroid dienone is 2. The van der Waals surface area contributed by atoms with Crippen molar-refractivity contribution in [2.24, 2.45) is 0 Å². The lowest BCUT2D eigenvalue weighted by Crippen LogP contribution is -1.85. The largest absolute Gasteiger partial charge is 0.0883 e. The van der Waals surface area contributed by atoms with Gasteiger partial charge in [-0.25, -0.2) is 0 Å². The lowest BCUT2D eigenvalue weighted by Gasteiger charge is -2.00. The summed E-state index contributed by atoms with van der Waals surface area (Å²) < 4.78 is 0. The highest BCUT2D eigenvalue weighted by Gasteiger charge is 1.92. The van der Waals surface area contributed by atoms with E-state index in [0.29, 0.717) is 0 Å². The van der Waals surface area contributed by atoms with Crippen molar-refractivity contribution in [1.29, 1.82) is 0 Å². The second-order valence-electron chi connectivity index (χ2n) is 4.06. The standard InChI is InChI=1S/C15H21Br/c16-14-10-5-3-1-2-4-7-11-15-12-8-6-9-13-15/h5-6,8-10,12-13H,1-4,7,11,14H2/b10-5+. The number of benzene rings is 1. The third-order valence-electron chi connectivity index (χ3n) is 2.68. The van der Waals surface area contributed by atoms with E-state index >= 15 is 0 Å². The highest BCUT2D eigenvalue weighted by molar-refractivity contribution is 9.09. The lowest BCUT2D eigenvalue weighted by atomic mass is 10.1. The number of hydrogen-bond acceptors (Lipinski definition) is 0. The van der Waals surface area contributed by atoms with Crippen LogP contribution in [0.4, 0.5) is 0 Å². The van der Waals surface area contributed by atoms with E-state index in [4.69, 9.17) is 0 Å². The Labute approximate surface area is 108 Å². The van der Waals surface area contributed by atoms with Crippen LogP contribution in [0.1, 0.15) is 37.7 Å². The average molecular weight is 281 g/mol. The molecule has 0 aliphatic rings. The molecule has 1 rings (SSSR count). The van der Waals surface area contributed by atoms with Gasteiger partial charge in [-0.2, -0.15) is 0 Å². The van der Waals surface area contributed by atoms with Crippen LogP contribution in [0.3, 0.4) is 0 Å². The fourth-order valence-corrected chi connectivity index (χ4v) is 2.03. The van der Waals surface area contributed by atoms with Crippen LogP contribution in [-0.2, 0) is 6.42 Å². The Kier molecular flexibility index (Phi) is 8.15. The van der Waals surface area contributed by atoms with Gasteiger partial charge in [0.15, 0.2) is 0 Å². The quantitative estimate of drug-likeness (QED) is 0.352. The summed E-state index contributed by atoms with van der Waals surface area (Å²) in [5, 5.41) is 0.987. The predicted octanol–water partition coefficient (Wildman–Crippen LogP) is 5.13. The molecule has 1 aromatic carbocycles. The molecular weight excluding hydrogens is 260 g/mol. The third kappa shape index (κ3) is 6.84. The maximum Gasteiger partial charge on any atom is 0.0212 e. The fourth-order valence-electron chi connectivity index (χ4n) is 1.77. The van der Waals surface area contributed by atoms with Gasteiger partial charge in [-0.3, -0.25) is 0 Å². The smallest absolute Gasteiger partial charge is 0.0212 e. The zero-order valence-electron chi connectivity index (χ0n) is 9.87. The second kappa shape index (κ2) is 9.65. The van der Waals surface area contributed by atoms with Gasteiger partial charge in [-0.1, -0.05) is 71.3 Å². The number of rotatable bonds is 8. The molecule has 0 unspecified atom stereocenters. The highest BCUT2D eigenvalue weighted by atomic mass is 79.9. The van der Waals surface area contributed by atoms with Crippen molar-refractivity contribution in [3.63, 3.8) is 0 Å². The van der Waals surface area contributed by atoms with Crippen LogP contribution in [0.15, 0.2) is 42.5 Å². The van der Waals surface area contributed by atoms with Crippen LogP contribution < -0.4 is 0 Å². The maximum absolute atomic E-state index is 3.38. The van der Waals surface area contributed by atoms with Crippen molar-refractivity contribution in [3.05, 3.63) is 48.0 Å². The van der Waals surface area contributed by atoms with Gasteiger partial charge in [-0.05, 0) is 31.2 Å². The van der Waals surface area contributed by atoms with Gasteiger partial charge in [0, 0.05) is 5.33 Å². The van der Waals surface area contributed by atoms with E-state index < -0.39 is 0 Å². The zero-order chi connectivity index (χ0) is 11.5. The highest BCUT2D eigenvalue weighted by Crippen LogP contribution is 2.08. The number of aryl methyl sites for hydroxylation is 1. The first-order chi connectivity index (χ1) is 7.93. The van der Waals surface area contributed by atoms with Gasteiger partial charge < -0.3 is 0 Å². The van der Waals surface area contributed by atoms with Crippen molar-refractivity contribution in [2.75, 3.05) is 5.33 Å². The van der Waals surface area contributed by atoms with E-state index in [1.54, 1.807) is 0 Å². The molecule has 88 valence electrons. The first kappa shape index (κ1) is 13.5. The van der Waals surface area contributed by atoms with Gasteiger partial charge in [0.25, 0.3) is 0 Å². The van der Waals surface area contributed by atoms with Crippen LogP contribution in [0.2, 0.25) is 0 Å². The molecule has 0 aliphatic heterocycles. The maximum atomic E-state index is 3.38. The lowest BCUT2D eigenvalue weighted by molar-refractivity contribution is 0.646. The average Bonchev–Trinajstić information content (AvgIpc) is 2.34. The minimum absolute atomic E-state index is 0.987. The molecular formula is C15H21Br. The molecule has 16 heavy (non-hydrogen) atoms. The van der Waals surface area contributed by atoms with Gasteiger partial charge in [0.1, 0.15) is 0 Å². The molecule has 0 atom stereocenters. The van der Waals surface area contributed by atoms with Crippen molar-refractivity contribution in [1.82, 2.24) is 0 Å². The fraction of sp³-hybridized carbons (Fsp3) is 0.467. The van der Waals surface area contributed by atoms with E-state index in [9.17, 15) is 0 Å². The Hall–Kier alpha value is -0.560. The van der Waals surface area contributed by atoms with E-state index in [2.05, 4.69) is 58.4 Å². The summed E-state index contributed by atoms with van der Waals surface area (Å²) in [6.45, 7) is 0. The van der Waals surface area contributed by atoms with Gasteiger partial charge in [0.05, 0.1) is 0 Å². The predicted molar refractivity (Wildman–Crippen MR) is 76.2 cm³/mol. The molecule has 1 aromatic rings. The van der Waals surface area contributed by atoms with Crippen molar-refractivity contribution >= 4 is 15.9 Å². The van der Waals surface area contributed by atoms with Crippen LogP contribution in [0.5, 0.6) is 0 Å². The molecule has 0 N–H and O–H groups in total. The molecule has 0 aliphatic carbocycles. The molecule has 0 aromatic heterocycles. The Morgan fingerprint density at radius 3 is 2.38 bits per heavy atom. The van der Waals surface area contributed by atoms with Crippen molar-refractivity contribution in [3.8, 4) is 0 Å². The first-order valence-corrected chi connectivity index (χ1v) is 7.30. The summed E-state index contributed by atoms with van der Waals surface area (Å²) in [5.74, 6) is 0. The van der Waals surface area contributed by atoms with Crippen LogP contribution in [0, 0.1) is 0 Å². The number of hydrogen-bond donors (Lipinski definition) is 0. The Bertz CT molecular complexity index is 277. The van der Waals surface area contributed by atoms with Gasteiger partial charge in [0.2, 0.25) is 0 Å². The first-order valence-electron chi connectivity index (χ1n) is 6.18.